The average Bonchev–Trinajstić information content (AvgIpc) is 3.10. The summed E-state index contributed by atoms with van der Waals surface area (Å²) in [4.78, 5) is 29.8. The Morgan fingerprint density at radius 3 is 2.71 bits per heavy atom. The van der Waals surface area contributed by atoms with Gasteiger partial charge in [-0.15, -0.1) is 0 Å². The predicted molar refractivity (Wildman–Crippen MR) is 110 cm³/mol. The van der Waals surface area contributed by atoms with Gasteiger partial charge in [-0.25, -0.2) is 19.7 Å². The van der Waals surface area contributed by atoms with E-state index in [2.05, 4.69) is 24.8 Å². The number of ether oxygens (including phenoxy) is 1. The molecule has 28 heavy (non-hydrogen) atoms. The zero-order valence-electron chi connectivity index (χ0n) is 15.3. The van der Waals surface area contributed by atoms with E-state index in [0.29, 0.717) is 17.2 Å². The van der Waals surface area contributed by atoms with Crippen LogP contribution in [-0.2, 0) is 11.3 Å². The highest BCUT2D eigenvalue weighted by Crippen LogP contribution is 2.31. The minimum Gasteiger partial charge on any atom is -0.465 e. The molecular formula is C18H19ClN6O2S. The molecule has 0 aliphatic carbocycles. The van der Waals surface area contributed by atoms with Crippen LogP contribution in [-0.4, -0.2) is 59.1 Å². The Bertz CT molecular complexity index is 1020. The number of carbonyl (C=O) groups is 1. The third kappa shape index (κ3) is 3.73. The van der Waals surface area contributed by atoms with Crippen molar-refractivity contribution in [3.8, 4) is 0 Å². The molecule has 3 aromatic rings. The highest BCUT2D eigenvalue weighted by molar-refractivity contribution is 7.18. The molecule has 1 aromatic carbocycles. The van der Waals surface area contributed by atoms with Crippen LogP contribution in [0.3, 0.4) is 0 Å². The van der Waals surface area contributed by atoms with Crippen molar-refractivity contribution >= 4 is 50.8 Å². The number of carbonyl (C=O) groups excluding carboxylic acids is 1. The van der Waals surface area contributed by atoms with Crippen LogP contribution in [0.5, 0.6) is 0 Å². The van der Waals surface area contributed by atoms with Gasteiger partial charge in [0.15, 0.2) is 15.2 Å². The molecule has 0 saturated carbocycles. The number of para-hydroxylation sites is 1. The molecule has 8 nitrogen and oxygen atoms in total. The third-order valence-corrected chi connectivity index (χ3v) is 6.11. The lowest BCUT2D eigenvalue weighted by molar-refractivity contribution is 0.0606. The SMILES string of the molecule is COC(=O)c1sc(N2CCN(Cc3nc(N)c4ccccc4n3)CC2)nc1Cl. The zero-order valence-corrected chi connectivity index (χ0v) is 16.8. The van der Waals surface area contributed by atoms with Crippen molar-refractivity contribution in [2.45, 2.75) is 6.54 Å². The summed E-state index contributed by atoms with van der Waals surface area (Å²) in [5.41, 5.74) is 6.94. The standard InChI is InChI=1S/C18H19ClN6O2S/c1-27-17(26)14-15(19)23-18(28-14)25-8-6-24(7-9-25)10-13-21-12-5-3-2-4-11(12)16(20)22-13/h2-5H,6-10H2,1H3,(H2,20,21,22). The van der Waals surface area contributed by atoms with Crippen molar-refractivity contribution in [1.29, 1.82) is 0 Å². The molecule has 146 valence electrons. The van der Waals surface area contributed by atoms with Crippen LogP contribution in [0.2, 0.25) is 5.15 Å². The number of nitrogen functional groups attached to an aromatic ring is 1. The van der Waals surface area contributed by atoms with Crippen LogP contribution in [0.1, 0.15) is 15.5 Å². The molecule has 0 atom stereocenters. The van der Waals surface area contributed by atoms with Crippen molar-refractivity contribution in [1.82, 2.24) is 19.9 Å². The second-order valence-electron chi connectivity index (χ2n) is 6.41. The second kappa shape index (κ2) is 7.86. The number of aromatic nitrogens is 3. The first-order valence-electron chi connectivity index (χ1n) is 8.78. The molecule has 1 fully saturated rings. The number of rotatable bonds is 4. The van der Waals surface area contributed by atoms with Crippen molar-refractivity contribution < 1.29 is 9.53 Å². The summed E-state index contributed by atoms with van der Waals surface area (Å²) in [5, 5.41) is 1.80. The summed E-state index contributed by atoms with van der Waals surface area (Å²) in [7, 11) is 1.33. The molecule has 0 unspecified atom stereocenters. The Kier molecular flexibility index (Phi) is 5.29. The zero-order chi connectivity index (χ0) is 19.7. The van der Waals surface area contributed by atoms with Crippen LogP contribution in [0.25, 0.3) is 10.9 Å². The fraction of sp³-hybridized carbons (Fsp3) is 0.333. The molecule has 10 heteroatoms. The summed E-state index contributed by atoms with van der Waals surface area (Å²) in [5.74, 6) is 0.764. The van der Waals surface area contributed by atoms with Gasteiger partial charge in [0.05, 0.1) is 19.2 Å². The van der Waals surface area contributed by atoms with Gasteiger partial charge in [0.1, 0.15) is 11.6 Å². The van der Waals surface area contributed by atoms with E-state index < -0.39 is 5.97 Å². The predicted octanol–water partition coefficient (Wildman–Crippen LogP) is 2.43. The fourth-order valence-electron chi connectivity index (χ4n) is 3.16. The average molecular weight is 419 g/mol. The maximum atomic E-state index is 11.7. The molecule has 1 saturated heterocycles. The number of anilines is 2. The van der Waals surface area contributed by atoms with Gasteiger partial charge < -0.3 is 15.4 Å². The van der Waals surface area contributed by atoms with Gasteiger partial charge in [0.2, 0.25) is 0 Å². The van der Waals surface area contributed by atoms with E-state index >= 15 is 0 Å². The molecular weight excluding hydrogens is 400 g/mol. The number of benzene rings is 1. The van der Waals surface area contributed by atoms with Crippen LogP contribution in [0, 0.1) is 0 Å². The Morgan fingerprint density at radius 2 is 1.96 bits per heavy atom. The molecule has 0 spiro atoms. The number of hydrogen-bond acceptors (Lipinski definition) is 9. The van der Waals surface area contributed by atoms with Crippen molar-refractivity contribution in [3.05, 3.63) is 40.1 Å². The fourth-order valence-corrected chi connectivity index (χ4v) is 4.41. The molecule has 0 radical (unpaired) electrons. The molecule has 2 N–H and O–H groups in total. The van der Waals surface area contributed by atoms with Crippen molar-refractivity contribution in [2.75, 3.05) is 43.9 Å². The number of piperazine rings is 1. The van der Waals surface area contributed by atoms with E-state index in [9.17, 15) is 4.79 Å². The number of hydrogen-bond donors (Lipinski definition) is 1. The lowest BCUT2D eigenvalue weighted by Crippen LogP contribution is -2.46. The van der Waals surface area contributed by atoms with Crippen LogP contribution in [0.15, 0.2) is 24.3 Å². The Hall–Kier alpha value is -2.49. The highest BCUT2D eigenvalue weighted by Gasteiger charge is 2.24. The third-order valence-electron chi connectivity index (χ3n) is 4.63. The van der Waals surface area contributed by atoms with E-state index in [1.165, 1.54) is 18.4 Å². The maximum Gasteiger partial charge on any atom is 0.351 e. The summed E-state index contributed by atoms with van der Waals surface area (Å²) in [6.45, 7) is 3.82. The highest BCUT2D eigenvalue weighted by atomic mass is 35.5. The van der Waals surface area contributed by atoms with E-state index in [1.807, 2.05) is 24.3 Å². The quantitative estimate of drug-likeness (QED) is 0.645. The number of halogens is 1. The Balaban J connectivity index is 1.41. The summed E-state index contributed by atoms with van der Waals surface area (Å²) in [6.07, 6.45) is 0. The first-order valence-corrected chi connectivity index (χ1v) is 9.97. The van der Waals surface area contributed by atoms with Gasteiger partial charge in [0.25, 0.3) is 0 Å². The number of esters is 1. The molecule has 0 amide bonds. The number of thiazole rings is 1. The van der Waals surface area contributed by atoms with Crippen molar-refractivity contribution in [2.24, 2.45) is 0 Å². The molecule has 1 aliphatic heterocycles. The second-order valence-corrected chi connectivity index (χ2v) is 7.75. The number of nitrogens with two attached hydrogens (primary N) is 1. The number of nitrogens with zero attached hydrogens (tertiary/aromatic N) is 5. The molecule has 1 aliphatic rings. The molecule has 4 rings (SSSR count). The van der Waals surface area contributed by atoms with Crippen molar-refractivity contribution in [3.63, 3.8) is 0 Å². The van der Waals surface area contributed by atoms with E-state index in [-0.39, 0.29) is 5.15 Å². The normalized spacial score (nSPS) is 15.1. The molecule has 3 heterocycles. The minimum atomic E-state index is -0.460. The van der Waals surface area contributed by atoms with Gasteiger partial charge in [-0.2, -0.15) is 0 Å². The smallest absolute Gasteiger partial charge is 0.351 e. The number of methoxy groups -OCH3 is 1. The topological polar surface area (TPSA) is 97.5 Å². The van der Waals surface area contributed by atoms with Gasteiger partial charge >= 0.3 is 5.97 Å². The van der Waals surface area contributed by atoms with Crippen LogP contribution >= 0.6 is 22.9 Å². The van der Waals surface area contributed by atoms with Crippen LogP contribution < -0.4 is 10.6 Å². The largest absolute Gasteiger partial charge is 0.465 e. The van der Waals surface area contributed by atoms with Gasteiger partial charge in [-0.3, -0.25) is 4.90 Å². The molecule has 2 aromatic heterocycles. The Labute approximate surface area is 170 Å². The number of fused-ring (bicyclic) bond motifs is 1. The lowest BCUT2D eigenvalue weighted by atomic mass is 10.2. The Morgan fingerprint density at radius 1 is 1.21 bits per heavy atom. The first-order chi connectivity index (χ1) is 13.5. The van der Waals surface area contributed by atoms with E-state index in [1.54, 1.807) is 0 Å². The minimum absolute atomic E-state index is 0.189. The van der Waals surface area contributed by atoms with Gasteiger partial charge in [-0.05, 0) is 12.1 Å². The van der Waals surface area contributed by atoms with Gasteiger partial charge in [0, 0.05) is 31.6 Å². The summed E-state index contributed by atoms with van der Waals surface area (Å²) in [6, 6.07) is 7.74. The summed E-state index contributed by atoms with van der Waals surface area (Å²) >= 11 is 7.33. The molecule has 0 bridgehead atoms. The van der Waals surface area contributed by atoms with E-state index in [0.717, 1.165) is 48.0 Å². The maximum absolute atomic E-state index is 11.7. The lowest BCUT2D eigenvalue weighted by Gasteiger charge is -2.34. The monoisotopic (exact) mass is 418 g/mol. The first kappa shape index (κ1) is 18.9. The van der Waals surface area contributed by atoms with E-state index in [4.69, 9.17) is 22.1 Å². The summed E-state index contributed by atoms with van der Waals surface area (Å²) < 4.78 is 4.74. The van der Waals surface area contributed by atoms with Gasteiger partial charge in [-0.1, -0.05) is 35.1 Å². The van der Waals surface area contributed by atoms with Crippen LogP contribution in [0.4, 0.5) is 10.9 Å².